The van der Waals surface area contributed by atoms with Gasteiger partial charge in [-0.2, -0.15) is 0 Å². The van der Waals surface area contributed by atoms with Crippen LogP contribution in [-0.2, 0) is 0 Å². The first-order valence-electron chi connectivity index (χ1n) is 10.3. The quantitative estimate of drug-likeness (QED) is 0.325. The van der Waals surface area contributed by atoms with Crippen LogP contribution < -0.4 is 0 Å². The molecule has 3 nitrogen and oxygen atoms in total. The summed E-state index contributed by atoms with van der Waals surface area (Å²) in [7, 11) is -2.21. The maximum absolute atomic E-state index is 13.4. The second-order valence-corrected chi connectivity index (χ2v) is 14.8. The van der Waals surface area contributed by atoms with E-state index in [-0.39, 0.29) is 23.4 Å². The van der Waals surface area contributed by atoms with E-state index >= 15 is 0 Å². The molecular weight excluding hydrogens is 386 g/mol. The fourth-order valence-electron chi connectivity index (χ4n) is 5.37. The van der Waals surface area contributed by atoms with E-state index in [2.05, 4.69) is 51.5 Å². The second-order valence-electron chi connectivity index (χ2n) is 8.68. The van der Waals surface area contributed by atoms with E-state index < -0.39 is 14.5 Å². The monoisotopic (exact) mass is 418 g/mol. The average molecular weight is 419 g/mol. The summed E-state index contributed by atoms with van der Waals surface area (Å²) in [5.74, 6) is 0.0339. The Hall–Kier alpha value is -1.95. The van der Waals surface area contributed by atoms with Gasteiger partial charge in [-0.25, -0.2) is 18.7 Å². The number of Topliss-reactive ketones (excluding diaryl/α,β-unsaturated/α-hetero) is 1. The van der Waals surface area contributed by atoms with Crippen molar-refractivity contribution >= 4 is 13.9 Å². The summed E-state index contributed by atoms with van der Waals surface area (Å²) in [4.78, 5) is 21.4. The number of ketones is 1. The van der Waals surface area contributed by atoms with Gasteiger partial charge in [0.25, 0.3) is 6.43 Å². The normalized spacial score (nSPS) is 13.5. The van der Waals surface area contributed by atoms with Gasteiger partial charge >= 0.3 is 0 Å². The minimum atomic E-state index is -2.66. The van der Waals surface area contributed by atoms with Gasteiger partial charge in [0.2, 0.25) is 0 Å². The van der Waals surface area contributed by atoms with Gasteiger partial charge in [-0.3, -0.25) is 4.79 Å². The number of rotatable bonds is 9. The van der Waals surface area contributed by atoms with Gasteiger partial charge in [-0.15, -0.1) is 0 Å². The number of hydrogen-bond donors (Lipinski definition) is 0. The predicted octanol–water partition coefficient (Wildman–Crippen LogP) is 6.99. The molecule has 1 aromatic heterocycles. The van der Waals surface area contributed by atoms with Gasteiger partial charge in [0.15, 0.2) is 5.78 Å². The Kier molecular flexibility index (Phi) is 7.80. The van der Waals surface area contributed by atoms with E-state index in [1.54, 1.807) is 0 Å². The summed E-state index contributed by atoms with van der Waals surface area (Å²) in [6, 6.07) is 10.6. The van der Waals surface area contributed by atoms with E-state index in [1.807, 2.05) is 30.3 Å². The van der Waals surface area contributed by atoms with Gasteiger partial charge in [0, 0.05) is 23.2 Å². The summed E-state index contributed by atoms with van der Waals surface area (Å²) >= 11 is 0. The number of alkyl halides is 2. The summed E-state index contributed by atoms with van der Waals surface area (Å²) in [6.07, 6.45) is -1.16. The number of halogens is 2. The van der Waals surface area contributed by atoms with E-state index in [9.17, 15) is 13.6 Å². The first kappa shape index (κ1) is 23.3. The molecule has 0 saturated carbocycles. The molecule has 0 aliphatic rings. The maximum Gasteiger partial charge on any atom is 0.280 e. The van der Waals surface area contributed by atoms with Crippen molar-refractivity contribution in [1.82, 2.24) is 9.97 Å². The summed E-state index contributed by atoms with van der Waals surface area (Å²) in [5.41, 5.74) is 1.90. The number of carbonyl (C=O) groups excluding carboxylic acids is 1. The molecule has 1 unspecified atom stereocenters. The summed E-state index contributed by atoms with van der Waals surface area (Å²) < 4.78 is 26.7. The van der Waals surface area contributed by atoms with E-state index in [0.717, 1.165) is 0 Å². The molecule has 6 heteroatoms. The molecule has 2 rings (SSSR count). The highest BCUT2D eigenvalue weighted by molar-refractivity contribution is 6.84. The molecule has 0 aliphatic heterocycles. The fraction of sp³-hybridized carbons (Fsp3) is 0.522. The molecule has 0 aliphatic carbocycles. The minimum absolute atomic E-state index is 0.0339. The Labute approximate surface area is 174 Å². The van der Waals surface area contributed by atoms with Crippen LogP contribution in [0.2, 0.25) is 16.6 Å². The molecule has 1 aromatic carbocycles. The Bertz CT molecular complexity index is 788. The van der Waals surface area contributed by atoms with Crippen molar-refractivity contribution in [3.05, 3.63) is 59.7 Å². The van der Waals surface area contributed by atoms with Crippen molar-refractivity contribution in [2.75, 3.05) is 0 Å². The number of carbonyl (C=O) groups is 1. The fourth-order valence-corrected chi connectivity index (χ4v) is 13.0. The molecule has 0 saturated heterocycles. The van der Waals surface area contributed by atoms with Crippen LogP contribution in [0.5, 0.6) is 0 Å². The third-order valence-corrected chi connectivity index (χ3v) is 14.1. The van der Waals surface area contributed by atoms with Gasteiger partial charge in [0.1, 0.15) is 12.0 Å². The highest BCUT2D eigenvalue weighted by Crippen LogP contribution is 2.51. The van der Waals surface area contributed by atoms with Crippen molar-refractivity contribution in [1.29, 1.82) is 0 Å². The minimum Gasteiger partial charge on any atom is -0.294 e. The Balaban J connectivity index is 2.64. The molecule has 1 atom stereocenters. The average Bonchev–Trinajstić information content (AvgIpc) is 2.67. The number of benzene rings is 1. The number of hydrogen-bond acceptors (Lipinski definition) is 3. The summed E-state index contributed by atoms with van der Waals surface area (Å²) in [5, 5.41) is 0. The lowest BCUT2D eigenvalue weighted by molar-refractivity contribution is 0.0979. The molecule has 0 spiro atoms. The molecule has 0 bridgehead atoms. The van der Waals surface area contributed by atoms with Crippen molar-refractivity contribution in [2.45, 2.75) is 76.6 Å². The third kappa shape index (κ3) is 4.79. The molecule has 0 radical (unpaired) electrons. The lowest BCUT2D eigenvalue weighted by atomic mass is 10.0. The molecule has 2 aromatic rings. The highest BCUT2D eigenvalue weighted by Gasteiger charge is 2.50. The van der Waals surface area contributed by atoms with Crippen LogP contribution in [0.25, 0.3) is 0 Å². The van der Waals surface area contributed by atoms with Gasteiger partial charge in [-0.1, -0.05) is 88.5 Å². The zero-order valence-electron chi connectivity index (χ0n) is 18.2. The van der Waals surface area contributed by atoms with Crippen LogP contribution >= 0.6 is 0 Å². The van der Waals surface area contributed by atoms with Crippen molar-refractivity contribution in [3.8, 4) is 0 Å². The van der Waals surface area contributed by atoms with Gasteiger partial charge in [-0.05, 0) is 6.07 Å². The maximum atomic E-state index is 13.4. The van der Waals surface area contributed by atoms with Gasteiger partial charge < -0.3 is 0 Å². The van der Waals surface area contributed by atoms with Crippen LogP contribution in [0.1, 0.15) is 81.7 Å². The van der Waals surface area contributed by atoms with Gasteiger partial charge in [0.05, 0.1) is 8.07 Å². The third-order valence-electron chi connectivity index (χ3n) is 6.38. The van der Waals surface area contributed by atoms with Crippen LogP contribution in [0, 0.1) is 0 Å². The van der Waals surface area contributed by atoms with Crippen molar-refractivity contribution in [3.63, 3.8) is 0 Å². The topological polar surface area (TPSA) is 42.9 Å². The number of aromatic nitrogens is 2. The Morgan fingerprint density at radius 1 is 0.897 bits per heavy atom. The van der Waals surface area contributed by atoms with Crippen LogP contribution in [-0.4, -0.2) is 23.8 Å². The first-order valence-corrected chi connectivity index (χ1v) is 12.6. The molecule has 1 heterocycles. The Morgan fingerprint density at radius 3 is 1.90 bits per heavy atom. The predicted molar refractivity (Wildman–Crippen MR) is 116 cm³/mol. The molecule has 0 amide bonds. The SMILES string of the molecule is CC(C)[Si](C(C)C)(C(C)C)C(CC(=O)c1ccccc1)c1cc(C(F)F)ncn1. The highest BCUT2D eigenvalue weighted by atomic mass is 28.3. The van der Waals surface area contributed by atoms with Crippen molar-refractivity contribution < 1.29 is 13.6 Å². The largest absolute Gasteiger partial charge is 0.294 e. The zero-order valence-corrected chi connectivity index (χ0v) is 19.2. The standard InChI is InChI=1S/C23H32F2N2OSi/c1-15(2)29(16(3)4,17(5)6)22(13-21(28)18-10-8-7-9-11-18)19-12-20(23(24)25)27-14-26-19/h7-12,14-17,22-23H,13H2,1-6H3. The first-order chi connectivity index (χ1) is 13.6. The van der Waals surface area contributed by atoms with E-state index in [0.29, 0.717) is 27.9 Å². The van der Waals surface area contributed by atoms with E-state index in [1.165, 1.54) is 12.4 Å². The van der Waals surface area contributed by atoms with Crippen molar-refractivity contribution in [2.24, 2.45) is 0 Å². The zero-order chi connectivity index (χ0) is 21.8. The van der Waals surface area contributed by atoms with Crippen LogP contribution in [0.3, 0.4) is 0 Å². The smallest absolute Gasteiger partial charge is 0.280 e. The lowest BCUT2D eigenvalue weighted by Crippen LogP contribution is -2.51. The summed E-state index contributed by atoms with van der Waals surface area (Å²) in [6.45, 7) is 13.3. The molecule has 0 fully saturated rings. The number of nitrogens with zero attached hydrogens (tertiary/aromatic N) is 2. The molecule has 0 N–H and O–H groups in total. The van der Waals surface area contributed by atoms with E-state index in [4.69, 9.17) is 0 Å². The molecule has 29 heavy (non-hydrogen) atoms. The van der Waals surface area contributed by atoms with Crippen LogP contribution in [0.15, 0.2) is 42.7 Å². The second kappa shape index (κ2) is 9.70. The lowest BCUT2D eigenvalue weighted by Gasteiger charge is -2.48. The molecule has 158 valence electrons. The molecular formula is C23H32F2N2OSi. The van der Waals surface area contributed by atoms with Crippen LogP contribution in [0.4, 0.5) is 8.78 Å². The Morgan fingerprint density at radius 2 is 1.41 bits per heavy atom.